The van der Waals surface area contributed by atoms with Gasteiger partial charge >= 0.3 is 0 Å². The van der Waals surface area contributed by atoms with Crippen molar-refractivity contribution in [3.8, 4) is 11.5 Å². The van der Waals surface area contributed by atoms with E-state index in [0.29, 0.717) is 17.1 Å². The summed E-state index contributed by atoms with van der Waals surface area (Å²) in [6, 6.07) is 9.12. The van der Waals surface area contributed by atoms with Crippen molar-refractivity contribution in [3.05, 3.63) is 58.1 Å². The van der Waals surface area contributed by atoms with Crippen LogP contribution in [-0.4, -0.2) is 26.3 Å². The molecule has 0 unspecified atom stereocenters. The van der Waals surface area contributed by atoms with E-state index >= 15 is 0 Å². The van der Waals surface area contributed by atoms with Gasteiger partial charge in [0, 0.05) is 5.56 Å². The summed E-state index contributed by atoms with van der Waals surface area (Å²) in [5.74, 6) is 0.760. The van der Waals surface area contributed by atoms with E-state index in [0.717, 1.165) is 11.1 Å². The highest BCUT2D eigenvalue weighted by Gasteiger charge is 2.10. The van der Waals surface area contributed by atoms with Crippen molar-refractivity contribution < 1.29 is 14.3 Å². The number of nitrogens with one attached hydrogen (secondary N) is 1. The van der Waals surface area contributed by atoms with Gasteiger partial charge in [-0.1, -0.05) is 6.07 Å². The highest BCUT2D eigenvalue weighted by atomic mass is 16.5. The molecule has 0 saturated heterocycles. The van der Waals surface area contributed by atoms with Gasteiger partial charge in [0.25, 0.3) is 5.91 Å². The van der Waals surface area contributed by atoms with Crippen molar-refractivity contribution in [1.29, 1.82) is 0 Å². The van der Waals surface area contributed by atoms with Gasteiger partial charge in [-0.3, -0.25) is 4.79 Å². The molecule has 0 spiro atoms. The van der Waals surface area contributed by atoms with E-state index in [-0.39, 0.29) is 5.91 Å². The molecular weight excluding hydrogens is 304 g/mol. The standard InChI is InChI=1S/C19H22N2O3/c1-12-8-14(3)16(9-13(12)2)11-20-21-19(22)15-6-7-17(23-4)18(10-15)24-5/h6-11H,1-5H3,(H,21,22)/b20-11-. The fourth-order valence-electron chi connectivity index (χ4n) is 2.32. The number of ether oxygens (including phenoxy) is 2. The van der Waals surface area contributed by atoms with Gasteiger partial charge in [-0.2, -0.15) is 5.10 Å². The largest absolute Gasteiger partial charge is 0.493 e. The summed E-state index contributed by atoms with van der Waals surface area (Å²) < 4.78 is 10.4. The van der Waals surface area contributed by atoms with Crippen LogP contribution in [0.1, 0.15) is 32.6 Å². The third-order valence-electron chi connectivity index (χ3n) is 3.90. The van der Waals surface area contributed by atoms with Gasteiger partial charge in [-0.05, 0) is 67.3 Å². The van der Waals surface area contributed by atoms with Crippen LogP contribution < -0.4 is 14.9 Å². The Bertz CT molecular complexity index is 782. The van der Waals surface area contributed by atoms with Crippen LogP contribution in [0, 0.1) is 20.8 Å². The average molecular weight is 326 g/mol. The minimum Gasteiger partial charge on any atom is -0.493 e. The van der Waals surface area contributed by atoms with Crippen LogP contribution in [0.15, 0.2) is 35.4 Å². The van der Waals surface area contributed by atoms with E-state index in [2.05, 4.69) is 29.6 Å². The Balaban J connectivity index is 2.12. The Morgan fingerprint density at radius 3 is 2.29 bits per heavy atom. The number of amides is 1. The van der Waals surface area contributed by atoms with E-state index in [4.69, 9.17) is 9.47 Å². The topological polar surface area (TPSA) is 59.9 Å². The first-order valence-corrected chi connectivity index (χ1v) is 7.59. The summed E-state index contributed by atoms with van der Waals surface area (Å²) in [6.07, 6.45) is 1.65. The number of aryl methyl sites for hydroxylation is 3. The van der Waals surface area contributed by atoms with Crippen molar-refractivity contribution >= 4 is 12.1 Å². The molecule has 0 bridgehead atoms. The van der Waals surface area contributed by atoms with Crippen LogP contribution in [0.5, 0.6) is 11.5 Å². The summed E-state index contributed by atoms with van der Waals surface area (Å²) >= 11 is 0. The molecule has 0 aliphatic rings. The Kier molecular flexibility index (Phi) is 5.58. The van der Waals surface area contributed by atoms with Crippen molar-refractivity contribution in [2.75, 3.05) is 14.2 Å². The third kappa shape index (κ3) is 3.93. The molecule has 0 heterocycles. The second-order valence-electron chi connectivity index (χ2n) is 5.56. The number of carbonyl (C=O) groups excluding carboxylic acids is 1. The molecule has 5 heteroatoms. The Labute approximate surface area is 142 Å². The molecule has 1 N–H and O–H groups in total. The van der Waals surface area contributed by atoms with Crippen molar-refractivity contribution in [1.82, 2.24) is 5.43 Å². The Morgan fingerprint density at radius 1 is 0.958 bits per heavy atom. The van der Waals surface area contributed by atoms with Gasteiger partial charge in [0.1, 0.15) is 0 Å². The summed E-state index contributed by atoms with van der Waals surface area (Å²) in [7, 11) is 3.08. The molecule has 2 aromatic rings. The molecule has 0 fully saturated rings. The summed E-state index contributed by atoms with van der Waals surface area (Å²) in [5, 5.41) is 4.05. The zero-order valence-corrected chi connectivity index (χ0v) is 14.6. The van der Waals surface area contributed by atoms with Crippen molar-refractivity contribution in [2.24, 2.45) is 5.10 Å². The molecule has 2 aromatic carbocycles. The predicted octanol–water partition coefficient (Wildman–Crippen LogP) is 3.39. The first-order chi connectivity index (χ1) is 11.5. The van der Waals surface area contributed by atoms with Gasteiger partial charge in [-0.15, -0.1) is 0 Å². The fourth-order valence-corrected chi connectivity index (χ4v) is 2.32. The Hall–Kier alpha value is -2.82. The minimum absolute atomic E-state index is 0.311. The second-order valence-corrected chi connectivity index (χ2v) is 5.56. The number of nitrogens with zero attached hydrogens (tertiary/aromatic N) is 1. The molecule has 0 aliphatic heterocycles. The molecule has 1 amide bonds. The number of benzene rings is 2. The second kappa shape index (κ2) is 7.64. The van der Waals surface area contributed by atoms with E-state index in [9.17, 15) is 4.79 Å². The molecular formula is C19H22N2O3. The molecule has 0 atom stereocenters. The molecule has 0 saturated carbocycles. The number of methoxy groups -OCH3 is 2. The predicted molar refractivity (Wildman–Crippen MR) is 95.3 cm³/mol. The average Bonchev–Trinajstić information content (AvgIpc) is 2.58. The van der Waals surface area contributed by atoms with Crippen molar-refractivity contribution in [3.63, 3.8) is 0 Å². The first kappa shape index (κ1) is 17.5. The number of hydrogen-bond acceptors (Lipinski definition) is 4. The molecule has 5 nitrogen and oxygen atoms in total. The molecule has 126 valence electrons. The summed E-state index contributed by atoms with van der Waals surface area (Å²) in [5.41, 5.74) is 7.49. The van der Waals surface area contributed by atoms with Gasteiger partial charge in [0.05, 0.1) is 20.4 Å². The summed E-state index contributed by atoms with van der Waals surface area (Å²) in [6.45, 7) is 6.14. The van der Waals surface area contributed by atoms with Gasteiger partial charge in [-0.25, -0.2) is 5.43 Å². The van der Waals surface area contributed by atoms with E-state index in [1.165, 1.54) is 18.2 Å². The SMILES string of the molecule is COc1ccc(C(=O)N/N=C\c2cc(C)c(C)cc2C)cc1OC. The maximum atomic E-state index is 12.2. The van der Waals surface area contributed by atoms with Gasteiger partial charge < -0.3 is 9.47 Å². The maximum absolute atomic E-state index is 12.2. The monoisotopic (exact) mass is 326 g/mol. The lowest BCUT2D eigenvalue weighted by Crippen LogP contribution is -2.17. The number of carbonyl (C=O) groups is 1. The third-order valence-corrected chi connectivity index (χ3v) is 3.90. The van der Waals surface area contributed by atoms with E-state index in [1.807, 2.05) is 13.8 Å². The quantitative estimate of drug-likeness (QED) is 0.677. The molecule has 2 rings (SSSR count). The van der Waals surface area contributed by atoms with Crippen LogP contribution >= 0.6 is 0 Å². The van der Waals surface area contributed by atoms with Crippen LogP contribution in [0.3, 0.4) is 0 Å². The van der Waals surface area contributed by atoms with E-state index in [1.54, 1.807) is 31.5 Å². The molecule has 0 aliphatic carbocycles. The lowest BCUT2D eigenvalue weighted by atomic mass is 10.0. The normalized spacial score (nSPS) is 10.7. The minimum atomic E-state index is -0.311. The van der Waals surface area contributed by atoms with Gasteiger partial charge in [0.2, 0.25) is 0 Å². The van der Waals surface area contributed by atoms with Crippen LogP contribution in [0.25, 0.3) is 0 Å². The smallest absolute Gasteiger partial charge is 0.271 e. The molecule has 24 heavy (non-hydrogen) atoms. The zero-order valence-electron chi connectivity index (χ0n) is 14.6. The number of hydrazone groups is 1. The maximum Gasteiger partial charge on any atom is 0.271 e. The Morgan fingerprint density at radius 2 is 1.62 bits per heavy atom. The lowest BCUT2D eigenvalue weighted by molar-refractivity contribution is 0.0954. The van der Waals surface area contributed by atoms with E-state index < -0.39 is 0 Å². The highest BCUT2D eigenvalue weighted by molar-refractivity contribution is 5.95. The number of hydrogen-bond donors (Lipinski definition) is 1. The number of rotatable bonds is 5. The van der Waals surface area contributed by atoms with Crippen LogP contribution in [-0.2, 0) is 0 Å². The van der Waals surface area contributed by atoms with Crippen LogP contribution in [0.4, 0.5) is 0 Å². The lowest BCUT2D eigenvalue weighted by Gasteiger charge is -2.09. The zero-order chi connectivity index (χ0) is 17.7. The van der Waals surface area contributed by atoms with Crippen molar-refractivity contribution in [2.45, 2.75) is 20.8 Å². The fraction of sp³-hybridized carbons (Fsp3) is 0.263. The highest BCUT2D eigenvalue weighted by Crippen LogP contribution is 2.27. The first-order valence-electron chi connectivity index (χ1n) is 7.59. The van der Waals surface area contributed by atoms with Crippen LogP contribution in [0.2, 0.25) is 0 Å². The molecule has 0 aromatic heterocycles. The summed E-state index contributed by atoms with van der Waals surface area (Å²) in [4.78, 5) is 12.2. The molecule has 0 radical (unpaired) electrons. The van der Waals surface area contributed by atoms with Gasteiger partial charge in [0.15, 0.2) is 11.5 Å².